The first kappa shape index (κ1) is 13.5. The monoisotopic (exact) mass is 306 g/mol. The van der Waals surface area contributed by atoms with Crippen LogP contribution in [-0.4, -0.2) is 9.79 Å². The van der Waals surface area contributed by atoms with E-state index < -0.39 is 7.82 Å². The highest BCUT2D eigenvalue weighted by Crippen LogP contribution is 2.42. The van der Waals surface area contributed by atoms with Crippen LogP contribution >= 0.6 is 23.8 Å². The van der Waals surface area contributed by atoms with E-state index in [1.165, 1.54) is 0 Å². The van der Waals surface area contributed by atoms with Crippen molar-refractivity contribution in [2.75, 3.05) is 0 Å². The highest BCUT2D eigenvalue weighted by atomic mass is 79.9. The van der Waals surface area contributed by atoms with Crippen LogP contribution in [0.15, 0.2) is 23.2 Å². The van der Waals surface area contributed by atoms with E-state index in [0.717, 1.165) is 15.6 Å². The minimum Gasteiger partial charge on any atom is -0.404 e. The van der Waals surface area contributed by atoms with Crippen molar-refractivity contribution in [2.45, 2.75) is 13.8 Å². The van der Waals surface area contributed by atoms with E-state index in [1.54, 1.807) is 6.07 Å². The zero-order chi connectivity index (χ0) is 12.5. The van der Waals surface area contributed by atoms with E-state index in [-0.39, 0.29) is 5.76 Å². The molecule has 0 amide bonds. The molecule has 0 saturated heterocycles. The first-order chi connectivity index (χ1) is 7.20. The van der Waals surface area contributed by atoms with Crippen LogP contribution in [0, 0.1) is 13.8 Å². The average Bonchev–Trinajstić information content (AvgIpc) is 2.08. The average molecular weight is 307 g/mol. The zero-order valence-corrected chi connectivity index (χ0v) is 11.4. The van der Waals surface area contributed by atoms with E-state index in [0.29, 0.717) is 5.56 Å². The standard InChI is InChI=1S/C10H12BrO4P/c1-6-4-7(2)10(11)5-9(6)8(3)15-16(12,13)14/h4-5H,3H2,1-2H3,(H2,12,13,14). The number of phosphoric ester groups is 1. The molecule has 0 radical (unpaired) electrons. The van der Waals surface area contributed by atoms with Gasteiger partial charge in [-0.05, 0) is 31.0 Å². The second-order valence-corrected chi connectivity index (χ2v) is 5.44. The van der Waals surface area contributed by atoms with Crippen molar-refractivity contribution in [1.29, 1.82) is 0 Å². The fourth-order valence-electron chi connectivity index (χ4n) is 1.32. The fourth-order valence-corrected chi connectivity index (χ4v) is 2.05. The van der Waals surface area contributed by atoms with Crippen LogP contribution in [-0.2, 0) is 9.09 Å². The maximum Gasteiger partial charge on any atom is 0.524 e. The molecule has 0 saturated carbocycles. The normalized spacial score (nSPS) is 11.3. The molecule has 4 nitrogen and oxygen atoms in total. The Kier molecular flexibility index (Phi) is 3.97. The molecule has 1 aromatic carbocycles. The molecule has 0 bridgehead atoms. The molecular weight excluding hydrogens is 295 g/mol. The summed E-state index contributed by atoms with van der Waals surface area (Å²) < 4.78 is 16.0. The van der Waals surface area contributed by atoms with Crippen LogP contribution in [0.25, 0.3) is 5.76 Å². The molecule has 0 aliphatic rings. The maximum atomic E-state index is 10.7. The van der Waals surface area contributed by atoms with Gasteiger partial charge in [0.25, 0.3) is 0 Å². The van der Waals surface area contributed by atoms with Gasteiger partial charge in [-0.2, -0.15) is 0 Å². The molecular formula is C10H12BrO4P. The molecule has 0 spiro atoms. The van der Waals surface area contributed by atoms with Crippen molar-refractivity contribution in [3.63, 3.8) is 0 Å². The van der Waals surface area contributed by atoms with E-state index in [1.807, 2.05) is 19.9 Å². The number of hydrogen-bond donors (Lipinski definition) is 2. The summed E-state index contributed by atoms with van der Waals surface area (Å²) in [7, 11) is -4.55. The van der Waals surface area contributed by atoms with Crippen LogP contribution in [0.5, 0.6) is 0 Å². The van der Waals surface area contributed by atoms with Crippen molar-refractivity contribution >= 4 is 29.5 Å². The number of phosphoric acid groups is 1. The Morgan fingerprint density at radius 2 is 1.94 bits per heavy atom. The Hall–Kier alpha value is -0.610. The Balaban J connectivity index is 3.10. The number of aryl methyl sites for hydroxylation is 2. The smallest absolute Gasteiger partial charge is 0.404 e. The van der Waals surface area contributed by atoms with Crippen LogP contribution in [0.1, 0.15) is 16.7 Å². The molecule has 16 heavy (non-hydrogen) atoms. The summed E-state index contributed by atoms with van der Waals surface area (Å²) in [5, 5.41) is 0. The summed E-state index contributed by atoms with van der Waals surface area (Å²) in [6.07, 6.45) is 0. The highest BCUT2D eigenvalue weighted by molar-refractivity contribution is 9.10. The quantitative estimate of drug-likeness (QED) is 0.665. The van der Waals surface area contributed by atoms with Crippen molar-refractivity contribution in [2.24, 2.45) is 0 Å². The fraction of sp³-hybridized carbons (Fsp3) is 0.200. The summed E-state index contributed by atoms with van der Waals surface area (Å²) in [4.78, 5) is 17.4. The molecule has 0 aliphatic carbocycles. The summed E-state index contributed by atoms with van der Waals surface area (Å²) in [6.45, 7) is 7.25. The Bertz CT molecular complexity index is 478. The van der Waals surface area contributed by atoms with Crippen LogP contribution in [0.4, 0.5) is 0 Å². The number of halogens is 1. The Morgan fingerprint density at radius 1 is 1.38 bits per heavy atom. The van der Waals surface area contributed by atoms with Gasteiger partial charge >= 0.3 is 7.82 Å². The van der Waals surface area contributed by atoms with Gasteiger partial charge in [0.1, 0.15) is 5.76 Å². The van der Waals surface area contributed by atoms with E-state index in [9.17, 15) is 4.57 Å². The van der Waals surface area contributed by atoms with Gasteiger partial charge in [0.2, 0.25) is 0 Å². The molecule has 0 unspecified atom stereocenters. The molecule has 0 aromatic heterocycles. The molecule has 6 heteroatoms. The second-order valence-electron chi connectivity index (χ2n) is 3.42. The number of benzene rings is 1. The number of hydrogen-bond acceptors (Lipinski definition) is 2. The second kappa shape index (κ2) is 4.72. The molecule has 0 heterocycles. The topological polar surface area (TPSA) is 66.8 Å². The molecule has 1 aromatic rings. The zero-order valence-electron chi connectivity index (χ0n) is 8.90. The third kappa shape index (κ3) is 3.46. The van der Waals surface area contributed by atoms with Gasteiger partial charge in [0, 0.05) is 10.0 Å². The minimum atomic E-state index is -4.55. The summed E-state index contributed by atoms with van der Waals surface area (Å²) in [5.41, 5.74) is 2.45. The summed E-state index contributed by atoms with van der Waals surface area (Å²) in [6, 6.07) is 3.61. The first-order valence-corrected chi connectivity index (χ1v) is 6.74. The van der Waals surface area contributed by atoms with Gasteiger partial charge in [-0.3, -0.25) is 9.79 Å². The Labute approximate surface area is 102 Å². The summed E-state index contributed by atoms with van der Waals surface area (Å²) >= 11 is 3.34. The van der Waals surface area contributed by atoms with Gasteiger partial charge in [0.15, 0.2) is 0 Å². The molecule has 0 aliphatic heterocycles. The third-order valence-corrected chi connectivity index (χ3v) is 3.35. The molecule has 1 rings (SSSR count). The lowest BCUT2D eigenvalue weighted by Gasteiger charge is -2.13. The van der Waals surface area contributed by atoms with E-state index in [2.05, 4.69) is 27.0 Å². The van der Waals surface area contributed by atoms with Gasteiger partial charge < -0.3 is 4.52 Å². The van der Waals surface area contributed by atoms with Crippen molar-refractivity contribution in [1.82, 2.24) is 0 Å². The van der Waals surface area contributed by atoms with Gasteiger partial charge in [-0.15, -0.1) is 0 Å². The van der Waals surface area contributed by atoms with Crippen LogP contribution in [0.2, 0.25) is 0 Å². The lowest BCUT2D eigenvalue weighted by atomic mass is 10.1. The molecule has 88 valence electrons. The van der Waals surface area contributed by atoms with Gasteiger partial charge in [-0.25, -0.2) is 4.57 Å². The predicted octanol–water partition coefficient (Wildman–Crippen LogP) is 3.15. The van der Waals surface area contributed by atoms with E-state index >= 15 is 0 Å². The minimum absolute atomic E-state index is 0.0356. The predicted molar refractivity (Wildman–Crippen MR) is 65.8 cm³/mol. The van der Waals surface area contributed by atoms with Crippen molar-refractivity contribution in [3.05, 3.63) is 39.9 Å². The lowest BCUT2D eigenvalue weighted by molar-refractivity contribution is 0.269. The van der Waals surface area contributed by atoms with Gasteiger partial charge in [-0.1, -0.05) is 28.6 Å². The summed E-state index contributed by atoms with van der Waals surface area (Å²) in [5.74, 6) is -0.0356. The largest absolute Gasteiger partial charge is 0.524 e. The number of rotatable bonds is 3. The van der Waals surface area contributed by atoms with Gasteiger partial charge in [0.05, 0.1) is 0 Å². The van der Waals surface area contributed by atoms with E-state index in [4.69, 9.17) is 9.79 Å². The highest BCUT2D eigenvalue weighted by Gasteiger charge is 2.19. The maximum absolute atomic E-state index is 10.7. The lowest BCUT2D eigenvalue weighted by Crippen LogP contribution is -1.93. The Morgan fingerprint density at radius 3 is 2.44 bits per heavy atom. The van der Waals surface area contributed by atoms with Crippen LogP contribution < -0.4 is 0 Å². The SMILES string of the molecule is C=C(OP(=O)(O)O)c1cc(Br)c(C)cc1C. The van der Waals surface area contributed by atoms with Crippen molar-refractivity contribution in [3.8, 4) is 0 Å². The first-order valence-electron chi connectivity index (χ1n) is 4.42. The molecule has 2 N–H and O–H groups in total. The molecule has 0 fully saturated rings. The van der Waals surface area contributed by atoms with Crippen LogP contribution in [0.3, 0.4) is 0 Å². The molecule has 0 atom stereocenters. The third-order valence-electron chi connectivity index (χ3n) is 2.04. The van der Waals surface area contributed by atoms with Crippen molar-refractivity contribution < 1.29 is 18.9 Å².